The molecule has 2 amide bonds. The van der Waals surface area contributed by atoms with Gasteiger partial charge in [0.2, 0.25) is 0 Å². The predicted octanol–water partition coefficient (Wildman–Crippen LogP) is 2.60. The summed E-state index contributed by atoms with van der Waals surface area (Å²) in [7, 11) is 0. The Balaban J connectivity index is 1.64. The molecule has 1 saturated heterocycles. The van der Waals surface area contributed by atoms with Gasteiger partial charge in [0.05, 0.1) is 19.3 Å². The quantitative estimate of drug-likeness (QED) is 0.840. The van der Waals surface area contributed by atoms with Crippen molar-refractivity contribution in [3.05, 3.63) is 42.0 Å². The Morgan fingerprint density at radius 3 is 2.65 bits per heavy atom. The van der Waals surface area contributed by atoms with Gasteiger partial charge in [0.15, 0.2) is 0 Å². The van der Waals surface area contributed by atoms with E-state index in [1.54, 1.807) is 0 Å². The molecule has 1 aromatic rings. The monoisotopic (exact) mass is 315 g/mol. The number of morpholine rings is 1. The predicted molar refractivity (Wildman–Crippen MR) is 91.7 cm³/mol. The Morgan fingerprint density at radius 2 is 1.91 bits per heavy atom. The van der Waals surface area contributed by atoms with E-state index in [-0.39, 0.29) is 18.1 Å². The summed E-state index contributed by atoms with van der Waals surface area (Å²) in [5, 5.41) is 6.10. The van der Waals surface area contributed by atoms with Gasteiger partial charge < -0.3 is 20.3 Å². The summed E-state index contributed by atoms with van der Waals surface area (Å²) >= 11 is 0. The summed E-state index contributed by atoms with van der Waals surface area (Å²) in [4.78, 5) is 14.5. The Morgan fingerprint density at radius 1 is 1.22 bits per heavy atom. The van der Waals surface area contributed by atoms with Gasteiger partial charge >= 0.3 is 6.03 Å². The molecule has 1 aromatic carbocycles. The number of nitrogens with one attached hydrogen (secondary N) is 2. The Hall–Kier alpha value is -2.01. The van der Waals surface area contributed by atoms with E-state index in [1.807, 2.05) is 19.1 Å². The Bertz CT molecular complexity index is 559. The normalized spacial score (nSPS) is 19.6. The lowest BCUT2D eigenvalue weighted by atomic mass is 10.0. The second-order valence-corrected chi connectivity index (χ2v) is 6.14. The Labute approximate surface area is 137 Å². The molecule has 5 nitrogen and oxygen atoms in total. The van der Waals surface area contributed by atoms with Gasteiger partial charge in [-0.1, -0.05) is 30.4 Å². The number of nitrogens with zero attached hydrogens (tertiary/aromatic N) is 1. The Kier molecular flexibility index (Phi) is 5.18. The third-order valence-electron chi connectivity index (χ3n) is 4.45. The number of benzene rings is 1. The number of urea groups is 1. The van der Waals surface area contributed by atoms with Crippen molar-refractivity contribution in [1.29, 1.82) is 0 Å². The number of para-hydroxylation sites is 1. The fraction of sp³-hybridized carbons (Fsp3) is 0.500. The summed E-state index contributed by atoms with van der Waals surface area (Å²) < 4.78 is 5.43. The van der Waals surface area contributed by atoms with Gasteiger partial charge in [-0.2, -0.15) is 0 Å². The fourth-order valence-corrected chi connectivity index (χ4v) is 3.18. The minimum absolute atomic E-state index is 0.0385. The van der Waals surface area contributed by atoms with Crippen molar-refractivity contribution in [3.63, 3.8) is 0 Å². The first-order chi connectivity index (χ1) is 11.2. The van der Waals surface area contributed by atoms with Crippen LogP contribution in [-0.4, -0.2) is 38.4 Å². The molecule has 0 saturated carbocycles. The van der Waals surface area contributed by atoms with Crippen LogP contribution in [0.2, 0.25) is 0 Å². The fourth-order valence-electron chi connectivity index (χ4n) is 3.18. The molecule has 1 fully saturated rings. The first-order valence-corrected chi connectivity index (χ1v) is 8.37. The van der Waals surface area contributed by atoms with E-state index in [0.29, 0.717) is 0 Å². The van der Waals surface area contributed by atoms with Crippen LogP contribution in [0.1, 0.15) is 31.4 Å². The first kappa shape index (κ1) is 15.9. The average molecular weight is 315 g/mol. The second-order valence-electron chi connectivity index (χ2n) is 6.14. The summed E-state index contributed by atoms with van der Waals surface area (Å²) in [6.45, 7) is 5.33. The minimum Gasteiger partial charge on any atom is -0.378 e. The van der Waals surface area contributed by atoms with Crippen LogP contribution in [0.5, 0.6) is 0 Å². The van der Waals surface area contributed by atoms with Crippen LogP contribution in [0.4, 0.5) is 10.5 Å². The maximum atomic E-state index is 12.2. The van der Waals surface area contributed by atoms with Crippen LogP contribution in [0.3, 0.4) is 0 Å². The zero-order valence-electron chi connectivity index (χ0n) is 13.6. The highest BCUT2D eigenvalue weighted by molar-refractivity contribution is 5.75. The van der Waals surface area contributed by atoms with E-state index in [2.05, 4.69) is 39.8 Å². The van der Waals surface area contributed by atoms with Crippen LogP contribution in [0.25, 0.3) is 0 Å². The third-order valence-corrected chi connectivity index (χ3v) is 4.45. The molecular weight excluding hydrogens is 290 g/mol. The van der Waals surface area contributed by atoms with Crippen molar-refractivity contribution < 1.29 is 9.53 Å². The van der Waals surface area contributed by atoms with E-state index in [0.717, 1.165) is 44.7 Å². The molecular formula is C18H25N3O2. The van der Waals surface area contributed by atoms with Gasteiger partial charge in [-0.25, -0.2) is 4.79 Å². The molecule has 1 heterocycles. The van der Waals surface area contributed by atoms with Crippen molar-refractivity contribution in [2.24, 2.45) is 0 Å². The number of carbonyl (C=O) groups is 1. The van der Waals surface area contributed by atoms with Crippen LogP contribution < -0.4 is 15.5 Å². The molecule has 0 spiro atoms. The largest absolute Gasteiger partial charge is 0.378 e. The molecule has 1 atom stereocenters. The van der Waals surface area contributed by atoms with Gasteiger partial charge in [0.1, 0.15) is 0 Å². The third kappa shape index (κ3) is 4.05. The second kappa shape index (κ2) is 7.51. The molecule has 2 aliphatic rings. The van der Waals surface area contributed by atoms with Crippen molar-refractivity contribution in [2.75, 3.05) is 31.2 Å². The lowest BCUT2D eigenvalue weighted by Crippen LogP contribution is -2.42. The minimum atomic E-state index is -0.0945. The maximum Gasteiger partial charge on any atom is 0.315 e. The van der Waals surface area contributed by atoms with Crippen molar-refractivity contribution in [2.45, 2.75) is 31.8 Å². The van der Waals surface area contributed by atoms with Gasteiger partial charge in [-0.15, -0.1) is 0 Å². The molecule has 0 radical (unpaired) electrons. The van der Waals surface area contributed by atoms with E-state index >= 15 is 0 Å². The van der Waals surface area contributed by atoms with Crippen LogP contribution in [0.15, 0.2) is 36.4 Å². The highest BCUT2D eigenvalue weighted by Crippen LogP contribution is 2.27. The smallest absolute Gasteiger partial charge is 0.315 e. The van der Waals surface area contributed by atoms with E-state index < -0.39 is 0 Å². The topological polar surface area (TPSA) is 53.6 Å². The molecule has 0 aromatic heterocycles. The highest BCUT2D eigenvalue weighted by atomic mass is 16.5. The molecule has 23 heavy (non-hydrogen) atoms. The number of hydrogen-bond acceptors (Lipinski definition) is 3. The van der Waals surface area contributed by atoms with Crippen molar-refractivity contribution in [1.82, 2.24) is 10.6 Å². The number of hydrogen-bond donors (Lipinski definition) is 2. The molecule has 124 valence electrons. The molecule has 0 unspecified atom stereocenters. The van der Waals surface area contributed by atoms with Crippen LogP contribution in [0, 0.1) is 0 Å². The highest BCUT2D eigenvalue weighted by Gasteiger charge is 2.20. The van der Waals surface area contributed by atoms with Gasteiger partial charge in [-0.3, -0.25) is 0 Å². The molecule has 5 heteroatoms. The zero-order chi connectivity index (χ0) is 16.1. The lowest BCUT2D eigenvalue weighted by molar-refractivity contribution is 0.122. The van der Waals surface area contributed by atoms with E-state index in [4.69, 9.17) is 4.74 Å². The number of amides is 2. The summed E-state index contributed by atoms with van der Waals surface area (Å²) in [6.07, 6.45) is 6.07. The van der Waals surface area contributed by atoms with Crippen molar-refractivity contribution >= 4 is 11.7 Å². The summed E-state index contributed by atoms with van der Waals surface area (Å²) in [5.41, 5.74) is 2.33. The lowest BCUT2D eigenvalue weighted by Gasteiger charge is -2.32. The van der Waals surface area contributed by atoms with Gasteiger partial charge in [0, 0.05) is 24.8 Å². The van der Waals surface area contributed by atoms with E-state index in [9.17, 15) is 4.79 Å². The average Bonchev–Trinajstić information content (AvgIpc) is 3.08. The van der Waals surface area contributed by atoms with Gasteiger partial charge in [0.25, 0.3) is 0 Å². The summed E-state index contributed by atoms with van der Waals surface area (Å²) in [6, 6.07) is 8.38. The molecule has 1 aliphatic heterocycles. The van der Waals surface area contributed by atoms with E-state index in [1.165, 1.54) is 5.69 Å². The molecule has 1 aliphatic carbocycles. The summed E-state index contributed by atoms with van der Waals surface area (Å²) in [5.74, 6) is 0. The standard InChI is InChI=1S/C18H25N3O2/c1-14(19-18(22)20-15-6-2-3-7-15)16-8-4-5-9-17(16)21-10-12-23-13-11-21/h2-5,8-9,14-15H,6-7,10-13H2,1H3,(H2,19,20,22)/t14-/m0/s1. The number of anilines is 1. The number of rotatable bonds is 4. The van der Waals surface area contributed by atoms with Crippen molar-refractivity contribution in [3.8, 4) is 0 Å². The number of carbonyl (C=O) groups excluding carboxylic acids is 1. The first-order valence-electron chi connectivity index (χ1n) is 8.37. The van der Waals surface area contributed by atoms with Crippen LogP contribution >= 0.6 is 0 Å². The SMILES string of the molecule is C[C@H](NC(=O)NC1CC=CC1)c1ccccc1N1CCOCC1. The van der Waals surface area contributed by atoms with Crippen LogP contribution in [-0.2, 0) is 4.74 Å². The molecule has 0 bridgehead atoms. The number of ether oxygens (including phenoxy) is 1. The zero-order valence-corrected chi connectivity index (χ0v) is 13.6. The molecule has 2 N–H and O–H groups in total. The maximum absolute atomic E-state index is 12.2. The van der Waals surface area contributed by atoms with Gasteiger partial charge in [-0.05, 0) is 31.4 Å². The molecule has 3 rings (SSSR count).